The molecule has 0 unspecified atom stereocenters. The van der Waals surface area contributed by atoms with Crippen LogP contribution in [0.1, 0.15) is 11.1 Å². The Morgan fingerprint density at radius 2 is 1.83 bits per heavy atom. The number of ether oxygens (including phenoxy) is 1. The zero-order chi connectivity index (χ0) is 21.6. The summed E-state index contributed by atoms with van der Waals surface area (Å²) >= 11 is 0. The maximum absolute atomic E-state index is 12.7. The van der Waals surface area contributed by atoms with Gasteiger partial charge in [-0.2, -0.15) is 22.0 Å². The number of halogens is 5. The Labute approximate surface area is 162 Å². The summed E-state index contributed by atoms with van der Waals surface area (Å²) in [7, 11) is 0. The third-order valence-electron chi connectivity index (χ3n) is 3.55. The van der Waals surface area contributed by atoms with Crippen molar-refractivity contribution in [2.24, 2.45) is 16.7 Å². The van der Waals surface area contributed by atoms with Crippen LogP contribution in [0.3, 0.4) is 0 Å². The van der Waals surface area contributed by atoms with Crippen LogP contribution in [0.4, 0.5) is 33.3 Å². The van der Waals surface area contributed by atoms with Crippen molar-refractivity contribution >= 4 is 17.2 Å². The topological polar surface area (TPSA) is 109 Å². The fraction of sp³-hybridized carbons (Fsp3) is 0.235. The molecule has 158 valence electrons. The van der Waals surface area contributed by atoms with Gasteiger partial charge in [0.05, 0.1) is 18.7 Å². The van der Waals surface area contributed by atoms with E-state index in [1.54, 1.807) is 0 Å². The zero-order valence-electron chi connectivity index (χ0n) is 14.8. The van der Waals surface area contributed by atoms with Gasteiger partial charge < -0.3 is 20.9 Å². The monoisotopic (exact) mass is 419 g/mol. The number of aliphatic hydroxyl groups is 1. The molecule has 6 N–H and O–H groups in total. The van der Waals surface area contributed by atoms with Gasteiger partial charge in [-0.15, -0.1) is 5.10 Å². The summed E-state index contributed by atoms with van der Waals surface area (Å²) in [4.78, 5) is 0. The molecule has 0 aliphatic rings. The summed E-state index contributed by atoms with van der Waals surface area (Å²) in [5.41, 5.74) is 5.70. The molecule has 29 heavy (non-hydrogen) atoms. The minimum Gasteiger partial charge on any atom is -0.435 e. The lowest BCUT2D eigenvalue weighted by molar-refractivity contribution is -0.137. The molecule has 0 aliphatic heterocycles. The number of anilines is 2. The molecule has 0 aromatic heterocycles. The lowest BCUT2D eigenvalue weighted by Gasteiger charge is -2.16. The van der Waals surface area contributed by atoms with Gasteiger partial charge in [-0.05, 0) is 42.5 Å². The lowest BCUT2D eigenvalue weighted by Crippen LogP contribution is -2.32. The number of amidine groups is 1. The van der Waals surface area contributed by atoms with Gasteiger partial charge in [0.1, 0.15) is 5.75 Å². The average Bonchev–Trinajstić information content (AvgIpc) is 2.62. The largest absolute Gasteiger partial charge is 0.435 e. The fourth-order valence-corrected chi connectivity index (χ4v) is 2.26. The van der Waals surface area contributed by atoms with Gasteiger partial charge in [0.2, 0.25) is 0 Å². The number of nitrogens with two attached hydrogens (primary N) is 2. The van der Waals surface area contributed by atoms with Crippen molar-refractivity contribution in [3.8, 4) is 5.75 Å². The first kappa shape index (κ1) is 22.2. The van der Waals surface area contributed by atoms with Crippen LogP contribution in [0.5, 0.6) is 5.75 Å². The van der Waals surface area contributed by atoms with Crippen molar-refractivity contribution in [2.45, 2.75) is 12.8 Å². The molecule has 12 heteroatoms. The molecule has 0 radical (unpaired) electrons. The fourth-order valence-electron chi connectivity index (χ4n) is 2.26. The smallest absolute Gasteiger partial charge is 0.416 e. The summed E-state index contributed by atoms with van der Waals surface area (Å²) in [6, 6.07) is 7.91. The SMILES string of the molecule is N/C(=N\N(N)CCO)c1cc(OC(F)F)ccc1Nc1ccc(C(F)(F)F)cc1. The third-order valence-corrected chi connectivity index (χ3v) is 3.55. The Morgan fingerprint density at radius 3 is 2.38 bits per heavy atom. The summed E-state index contributed by atoms with van der Waals surface area (Å²) in [6.07, 6.45) is -4.48. The molecule has 7 nitrogen and oxygen atoms in total. The highest BCUT2D eigenvalue weighted by atomic mass is 19.4. The molecule has 0 saturated heterocycles. The zero-order valence-corrected chi connectivity index (χ0v) is 14.8. The van der Waals surface area contributed by atoms with Crippen LogP contribution >= 0.6 is 0 Å². The minimum atomic E-state index is -4.48. The van der Waals surface area contributed by atoms with E-state index in [2.05, 4.69) is 15.2 Å². The number of nitrogens with zero attached hydrogens (tertiary/aromatic N) is 2. The van der Waals surface area contributed by atoms with Gasteiger partial charge in [0.15, 0.2) is 5.84 Å². The first-order valence-electron chi connectivity index (χ1n) is 8.11. The lowest BCUT2D eigenvalue weighted by atomic mass is 10.1. The molecule has 0 atom stereocenters. The standard InChI is InChI=1S/C17H18F5N5O2/c18-16(19)29-12-5-6-14(13(9-12)15(23)26-27(24)7-8-28)25-11-3-1-10(2-4-11)17(20,21)22/h1-6,9,16,25,28H,7-8,24H2,(H2,23,26). The predicted molar refractivity (Wildman–Crippen MR) is 96.5 cm³/mol. The molecular weight excluding hydrogens is 401 g/mol. The normalized spacial score (nSPS) is 12.2. The van der Waals surface area contributed by atoms with Crippen LogP contribution in [0.2, 0.25) is 0 Å². The van der Waals surface area contributed by atoms with Crippen LogP contribution in [0.25, 0.3) is 0 Å². The van der Waals surface area contributed by atoms with Gasteiger partial charge in [-0.1, -0.05) is 0 Å². The van der Waals surface area contributed by atoms with Crippen LogP contribution in [0.15, 0.2) is 47.6 Å². The molecule has 0 spiro atoms. The van der Waals surface area contributed by atoms with E-state index in [-0.39, 0.29) is 41.7 Å². The number of benzene rings is 2. The number of nitrogens with one attached hydrogen (secondary N) is 1. The number of alkyl halides is 5. The Kier molecular flexibility index (Phi) is 7.18. The molecule has 2 rings (SSSR count). The Balaban J connectivity index is 2.36. The van der Waals surface area contributed by atoms with E-state index in [0.717, 1.165) is 17.3 Å². The third kappa shape index (κ3) is 6.47. The van der Waals surface area contributed by atoms with Crippen molar-refractivity contribution in [3.05, 3.63) is 53.6 Å². The van der Waals surface area contributed by atoms with E-state index < -0.39 is 18.4 Å². The Morgan fingerprint density at radius 1 is 1.17 bits per heavy atom. The van der Waals surface area contributed by atoms with Crippen LogP contribution in [0, 0.1) is 0 Å². The van der Waals surface area contributed by atoms with Gasteiger partial charge in [-0.3, -0.25) is 0 Å². The molecule has 2 aromatic rings. The molecular formula is C17H18F5N5O2. The minimum absolute atomic E-state index is 0.0460. The van der Waals surface area contributed by atoms with Gasteiger partial charge in [0.25, 0.3) is 0 Å². The van der Waals surface area contributed by atoms with E-state index in [1.807, 2.05) is 0 Å². The number of hydrazine groups is 1. The number of rotatable bonds is 8. The first-order chi connectivity index (χ1) is 13.6. The number of hydrogen-bond acceptors (Lipinski definition) is 6. The highest BCUT2D eigenvalue weighted by Gasteiger charge is 2.30. The molecule has 2 aromatic carbocycles. The molecule has 0 fully saturated rings. The van der Waals surface area contributed by atoms with E-state index >= 15 is 0 Å². The van der Waals surface area contributed by atoms with Gasteiger partial charge in [-0.25, -0.2) is 11.0 Å². The number of hydrogen-bond donors (Lipinski definition) is 4. The van der Waals surface area contributed by atoms with E-state index in [1.165, 1.54) is 30.3 Å². The van der Waals surface area contributed by atoms with Gasteiger partial charge in [0, 0.05) is 16.9 Å². The van der Waals surface area contributed by atoms with Gasteiger partial charge >= 0.3 is 12.8 Å². The Bertz CT molecular complexity index is 843. The Hall–Kier alpha value is -3.12. The summed E-state index contributed by atoms with van der Waals surface area (Å²) in [6.45, 7) is -3.43. The van der Waals surface area contributed by atoms with Crippen molar-refractivity contribution in [1.82, 2.24) is 5.12 Å². The second-order valence-electron chi connectivity index (χ2n) is 5.66. The number of hydrazone groups is 1. The molecule has 0 saturated carbocycles. The van der Waals surface area contributed by atoms with Crippen molar-refractivity contribution in [3.63, 3.8) is 0 Å². The highest BCUT2D eigenvalue weighted by molar-refractivity contribution is 6.03. The van der Waals surface area contributed by atoms with E-state index in [9.17, 15) is 22.0 Å². The number of aliphatic hydroxyl groups excluding tert-OH is 1. The molecule has 0 heterocycles. The molecule has 0 bridgehead atoms. The second kappa shape index (κ2) is 9.39. The van der Waals surface area contributed by atoms with Crippen LogP contribution in [-0.4, -0.2) is 35.8 Å². The quantitative estimate of drug-likeness (QED) is 0.172. The second-order valence-corrected chi connectivity index (χ2v) is 5.66. The summed E-state index contributed by atoms with van der Waals surface area (Å²) < 4.78 is 67.4. The van der Waals surface area contributed by atoms with E-state index in [0.29, 0.717) is 0 Å². The maximum Gasteiger partial charge on any atom is 0.416 e. The summed E-state index contributed by atoms with van der Waals surface area (Å²) in [5, 5.41) is 16.4. The molecule has 0 amide bonds. The van der Waals surface area contributed by atoms with Crippen LogP contribution < -0.4 is 21.6 Å². The predicted octanol–water partition coefficient (Wildman–Crippen LogP) is 2.84. The van der Waals surface area contributed by atoms with Crippen molar-refractivity contribution in [1.29, 1.82) is 0 Å². The van der Waals surface area contributed by atoms with E-state index in [4.69, 9.17) is 16.7 Å². The average molecular weight is 419 g/mol. The van der Waals surface area contributed by atoms with Crippen molar-refractivity contribution < 1.29 is 31.8 Å². The maximum atomic E-state index is 12.7. The highest BCUT2D eigenvalue weighted by Crippen LogP contribution is 2.31. The van der Waals surface area contributed by atoms with Crippen LogP contribution in [-0.2, 0) is 6.18 Å². The summed E-state index contributed by atoms with van der Waals surface area (Å²) in [5.74, 6) is 5.12. The van der Waals surface area contributed by atoms with Crippen molar-refractivity contribution in [2.75, 3.05) is 18.5 Å². The first-order valence-corrected chi connectivity index (χ1v) is 8.11. The molecule has 0 aliphatic carbocycles.